The molecule has 0 amide bonds. The van der Waals surface area contributed by atoms with Gasteiger partial charge in [0.1, 0.15) is 11.5 Å². The fraction of sp³-hybridized carbons (Fsp3) is 0.0909. The van der Waals surface area contributed by atoms with Crippen LogP contribution in [0.5, 0.6) is 11.5 Å². The van der Waals surface area contributed by atoms with E-state index < -0.39 is 0 Å². The Bertz CT molecular complexity index is 1340. The molecule has 0 heterocycles. The highest BCUT2D eigenvalue weighted by Crippen LogP contribution is 2.28. The van der Waals surface area contributed by atoms with Gasteiger partial charge >= 0.3 is 0 Å². The summed E-state index contributed by atoms with van der Waals surface area (Å²) in [5.74, 6) is 1.71. The Hall–Kier alpha value is -3.75. The zero-order chi connectivity index (χ0) is 23.9. The molecule has 0 aromatic heterocycles. The number of hydrogen-bond donors (Lipinski definition) is 0. The van der Waals surface area contributed by atoms with Crippen molar-refractivity contribution in [2.24, 2.45) is 0 Å². The molecule has 0 aliphatic heterocycles. The predicted octanol–water partition coefficient (Wildman–Crippen LogP) is 9.12. The molecular formula is C33H28OS. The standard InChI is InChI=1S/C33H28OS/c1-25-7-9-26(10-8-25)23-27-11-17-30(18-12-27)34-31-19-13-28(14-20-31)24-29-15-21-33(22-16-29)35-32-5-3-2-4-6-32/h2-22H,23-24H2,1H3. The van der Waals surface area contributed by atoms with Crippen molar-refractivity contribution in [1.82, 2.24) is 0 Å². The minimum atomic E-state index is 0.856. The molecule has 2 heteroatoms. The number of hydrogen-bond acceptors (Lipinski definition) is 2. The van der Waals surface area contributed by atoms with Crippen molar-refractivity contribution in [2.75, 3.05) is 0 Å². The van der Waals surface area contributed by atoms with Gasteiger partial charge in [0, 0.05) is 9.79 Å². The first-order chi connectivity index (χ1) is 17.2. The smallest absolute Gasteiger partial charge is 0.127 e. The maximum atomic E-state index is 6.07. The first-order valence-corrected chi connectivity index (χ1v) is 12.7. The summed E-state index contributed by atoms with van der Waals surface area (Å²) in [7, 11) is 0. The molecule has 0 aliphatic carbocycles. The maximum Gasteiger partial charge on any atom is 0.127 e. The highest BCUT2D eigenvalue weighted by Gasteiger charge is 2.03. The maximum absolute atomic E-state index is 6.07. The van der Waals surface area contributed by atoms with Crippen LogP contribution in [-0.2, 0) is 12.8 Å². The van der Waals surface area contributed by atoms with Crippen LogP contribution in [0.25, 0.3) is 0 Å². The highest BCUT2D eigenvalue weighted by atomic mass is 32.2. The molecule has 0 saturated carbocycles. The quantitative estimate of drug-likeness (QED) is 0.223. The molecule has 0 fully saturated rings. The number of rotatable bonds is 8. The lowest BCUT2D eigenvalue weighted by atomic mass is 10.0. The van der Waals surface area contributed by atoms with Gasteiger partial charge in [-0.25, -0.2) is 0 Å². The van der Waals surface area contributed by atoms with Crippen LogP contribution in [0.2, 0.25) is 0 Å². The molecule has 172 valence electrons. The second-order valence-corrected chi connectivity index (χ2v) is 9.94. The Kier molecular flexibility index (Phi) is 7.31. The van der Waals surface area contributed by atoms with Crippen LogP contribution in [0.4, 0.5) is 0 Å². The predicted molar refractivity (Wildman–Crippen MR) is 147 cm³/mol. The third-order valence-corrected chi connectivity index (χ3v) is 6.94. The van der Waals surface area contributed by atoms with E-state index in [2.05, 4.69) is 116 Å². The highest BCUT2D eigenvalue weighted by molar-refractivity contribution is 7.99. The zero-order valence-corrected chi connectivity index (χ0v) is 20.7. The normalized spacial score (nSPS) is 10.8. The Morgan fingerprint density at radius 2 is 0.857 bits per heavy atom. The molecular weight excluding hydrogens is 444 g/mol. The van der Waals surface area contributed by atoms with Gasteiger partial charge in [-0.05, 0) is 90.6 Å². The van der Waals surface area contributed by atoms with Crippen LogP contribution < -0.4 is 4.74 Å². The van der Waals surface area contributed by atoms with Gasteiger partial charge in [0.2, 0.25) is 0 Å². The summed E-state index contributed by atoms with van der Waals surface area (Å²) >= 11 is 1.79. The summed E-state index contributed by atoms with van der Waals surface area (Å²) in [5, 5.41) is 0. The molecule has 1 nitrogen and oxygen atoms in total. The summed E-state index contributed by atoms with van der Waals surface area (Å²) < 4.78 is 6.07. The largest absolute Gasteiger partial charge is 0.457 e. The van der Waals surface area contributed by atoms with E-state index in [1.54, 1.807) is 11.8 Å². The average Bonchev–Trinajstić information content (AvgIpc) is 2.89. The van der Waals surface area contributed by atoms with Crippen LogP contribution in [0, 0.1) is 6.92 Å². The van der Waals surface area contributed by atoms with E-state index in [1.807, 2.05) is 18.2 Å². The summed E-state index contributed by atoms with van der Waals surface area (Å²) in [4.78, 5) is 2.52. The van der Waals surface area contributed by atoms with E-state index in [-0.39, 0.29) is 0 Å². The van der Waals surface area contributed by atoms with Crippen LogP contribution in [-0.4, -0.2) is 0 Å². The topological polar surface area (TPSA) is 9.23 Å². The van der Waals surface area contributed by atoms with E-state index in [4.69, 9.17) is 4.74 Å². The molecule has 0 aliphatic rings. The van der Waals surface area contributed by atoms with Gasteiger partial charge in [-0.15, -0.1) is 0 Å². The van der Waals surface area contributed by atoms with Crippen molar-refractivity contribution in [3.05, 3.63) is 155 Å². The molecule has 35 heavy (non-hydrogen) atoms. The van der Waals surface area contributed by atoms with E-state index in [0.29, 0.717) is 0 Å². The van der Waals surface area contributed by atoms with Gasteiger partial charge in [-0.3, -0.25) is 0 Å². The summed E-state index contributed by atoms with van der Waals surface area (Å²) in [5.41, 5.74) is 6.48. The Labute approximate surface area is 212 Å². The Morgan fingerprint density at radius 1 is 0.457 bits per heavy atom. The Balaban J connectivity index is 1.15. The van der Waals surface area contributed by atoms with E-state index in [1.165, 1.54) is 37.6 Å². The van der Waals surface area contributed by atoms with Gasteiger partial charge in [0.15, 0.2) is 0 Å². The molecule has 0 radical (unpaired) electrons. The minimum absolute atomic E-state index is 0.856. The summed E-state index contributed by atoms with van der Waals surface area (Å²) in [6, 6.07) is 44.8. The average molecular weight is 473 g/mol. The van der Waals surface area contributed by atoms with Crippen LogP contribution in [0.1, 0.15) is 27.8 Å². The van der Waals surface area contributed by atoms with Crippen molar-refractivity contribution in [2.45, 2.75) is 29.6 Å². The molecule has 0 unspecified atom stereocenters. The third-order valence-electron chi connectivity index (χ3n) is 5.92. The Morgan fingerprint density at radius 3 is 1.34 bits per heavy atom. The second kappa shape index (κ2) is 11.1. The molecule has 5 aromatic rings. The first-order valence-electron chi connectivity index (χ1n) is 11.9. The van der Waals surface area contributed by atoms with Crippen LogP contribution >= 0.6 is 11.8 Å². The van der Waals surface area contributed by atoms with Crippen molar-refractivity contribution < 1.29 is 4.74 Å². The second-order valence-electron chi connectivity index (χ2n) is 8.79. The fourth-order valence-electron chi connectivity index (χ4n) is 3.96. The molecule has 0 spiro atoms. The van der Waals surface area contributed by atoms with Crippen LogP contribution in [0.15, 0.2) is 137 Å². The lowest BCUT2D eigenvalue weighted by molar-refractivity contribution is 0.482. The molecule has 0 atom stereocenters. The minimum Gasteiger partial charge on any atom is -0.457 e. The zero-order valence-electron chi connectivity index (χ0n) is 19.9. The molecule has 5 rings (SSSR count). The fourth-order valence-corrected chi connectivity index (χ4v) is 4.80. The number of benzene rings is 5. The van der Waals surface area contributed by atoms with Gasteiger partial charge in [-0.1, -0.05) is 96.2 Å². The first kappa shape index (κ1) is 23.0. The van der Waals surface area contributed by atoms with Gasteiger partial charge < -0.3 is 4.74 Å². The van der Waals surface area contributed by atoms with Crippen molar-refractivity contribution >= 4 is 11.8 Å². The van der Waals surface area contributed by atoms with Gasteiger partial charge in [0.25, 0.3) is 0 Å². The molecule has 5 aromatic carbocycles. The SMILES string of the molecule is Cc1ccc(Cc2ccc(Oc3ccc(Cc4ccc(Sc5ccccc5)cc4)cc3)cc2)cc1. The van der Waals surface area contributed by atoms with E-state index >= 15 is 0 Å². The van der Waals surface area contributed by atoms with Gasteiger partial charge in [0.05, 0.1) is 0 Å². The number of ether oxygens (including phenoxy) is 1. The lowest BCUT2D eigenvalue weighted by Crippen LogP contribution is -1.91. The van der Waals surface area contributed by atoms with E-state index in [9.17, 15) is 0 Å². The molecule has 0 N–H and O–H groups in total. The van der Waals surface area contributed by atoms with Crippen molar-refractivity contribution in [1.29, 1.82) is 0 Å². The van der Waals surface area contributed by atoms with Gasteiger partial charge in [-0.2, -0.15) is 0 Å². The lowest BCUT2D eigenvalue weighted by Gasteiger charge is -2.09. The van der Waals surface area contributed by atoms with Crippen molar-refractivity contribution in [3.8, 4) is 11.5 Å². The number of aryl methyl sites for hydroxylation is 1. The molecule has 0 bridgehead atoms. The summed E-state index contributed by atoms with van der Waals surface area (Å²) in [6.07, 6.45) is 1.84. The molecule has 0 saturated heterocycles. The van der Waals surface area contributed by atoms with E-state index in [0.717, 1.165) is 24.3 Å². The summed E-state index contributed by atoms with van der Waals surface area (Å²) in [6.45, 7) is 2.12. The third kappa shape index (κ3) is 6.65. The van der Waals surface area contributed by atoms with Crippen LogP contribution in [0.3, 0.4) is 0 Å². The van der Waals surface area contributed by atoms with Crippen molar-refractivity contribution in [3.63, 3.8) is 0 Å². The monoisotopic (exact) mass is 472 g/mol.